The van der Waals surface area contributed by atoms with Crippen molar-refractivity contribution in [3.8, 4) is 5.75 Å². The van der Waals surface area contributed by atoms with Gasteiger partial charge in [0, 0.05) is 13.1 Å². The van der Waals surface area contributed by atoms with E-state index in [0.29, 0.717) is 52.7 Å². The molecule has 0 aromatic heterocycles. The quantitative estimate of drug-likeness (QED) is 0.478. The number of benzene rings is 1. The molecule has 0 aliphatic rings. The molecule has 0 saturated heterocycles. The molecule has 0 saturated carbocycles. The van der Waals surface area contributed by atoms with Gasteiger partial charge in [-0.05, 0) is 17.7 Å². The van der Waals surface area contributed by atoms with E-state index >= 15 is 0 Å². The average molecular weight is 356 g/mol. The van der Waals surface area contributed by atoms with Crippen molar-refractivity contribution in [3.63, 3.8) is 0 Å². The van der Waals surface area contributed by atoms with Crippen molar-refractivity contribution in [2.75, 3.05) is 59.8 Å². The van der Waals surface area contributed by atoms with Crippen molar-refractivity contribution in [1.29, 1.82) is 0 Å². The number of nitrogens with two attached hydrogens (primary N) is 1. The zero-order chi connectivity index (χ0) is 18.2. The van der Waals surface area contributed by atoms with Gasteiger partial charge in [0.05, 0.1) is 46.8 Å². The number of methoxy groups -OCH3 is 1. The van der Waals surface area contributed by atoms with Crippen molar-refractivity contribution in [3.05, 3.63) is 29.8 Å². The normalized spacial score (nSPS) is 10.5. The molecule has 0 fully saturated rings. The summed E-state index contributed by atoms with van der Waals surface area (Å²) in [5.74, 6) is 0.761. The van der Waals surface area contributed by atoms with Crippen LogP contribution in [0.5, 0.6) is 5.75 Å². The summed E-state index contributed by atoms with van der Waals surface area (Å²) in [5.41, 5.74) is 6.18. The van der Waals surface area contributed by atoms with Crippen LogP contribution in [0.25, 0.3) is 0 Å². The molecule has 0 bridgehead atoms. The highest BCUT2D eigenvalue weighted by Crippen LogP contribution is 2.11. The van der Waals surface area contributed by atoms with Gasteiger partial charge in [-0.15, -0.1) is 0 Å². The molecule has 142 valence electrons. The lowest BCUT2D eigenvalue weighted by molar-refractivity contribution is 0.0164. The summed E-state index contributed by atoms with van der Waals surface area (Å²) < 4.78 is 26.0. The second-order valence-electron chi connectivity index (χ2n) is 4.98. The van der Waals surface area contributed by atoms with Crippen LogP contribution in [0.2, 0.25) is 0 Å². The first kappa shape index (κ1) is 21.2. The predicted molar refractivity (Wildman–Crippen MR) is 92.7 cm³/mol. The summed E-state index contributed by atoms with van der Waals surface area (Å²) in [6, 6.07) is 7.32. The molecule has 0 aliphatic carbocycles. The number of ether oxygens (including phenoxy) is 5. The maximum atomic E-state index is 11.5. The molecular formula is C17H28N2O6. The highest BCUT2D eigenvalue weighted by molar-refractivity contribution is 5.67. The summed E-state index contributed by atoms with van der Waals surface area (Å²) in [7, 11) is 1.60. The third-order valence-corrected chi connectivity index (χ3v) is 3.05. The lowest BCUT2D eigenvalue weighted by Crippen LogP contribution is -2.28. The highest BCUT2D eigenvalue weighted by atomic mass is 16.6. The van der Waals surface area contributed by atoms with Crippen LogP contribution in [-0.2, 0) is 25.6 Å². The van der Waals surface area contributed by atoms with Gasteiger partial charge in [0.1, 0.15) is 12.4 Å². The standard InChI is InChI=1S/C17H28N2O6/c1-21-16-4-2-15(3-5-16)14-25-17(20)19-7-9-23-11-13-24-12-10-22-8-6-18/h2-5H,6-14,18H2,1H3,(H,19,20). The maximum absolute atomic E-state index is 11.5. The van der Waals surface area contributed by atoms with Gasteiger partial charge in [-0.2, -0.15) is 0 Å². The predicted octanol–water partition coefficient (Wildman–Crippen LogP) is 0.930. The molecule has 0 atom stereocenters. The van der Waals surface area contributed by atoms with Crippen molar-refractivity contribution in [2.45, 2.75) is 6.61 Å². The summed E-state index contributed by atoms with van der Waals surface area (Å²) in [4.78, 5) is 11.5. The number of amides is 1. The van der Waals surface area contributed by atoms with E-state index in [0.717, 1.165) is 11.3 Å². The van der Waals surface area contributed by atoms with E-state index in [1.807, 2.05) is 24.3 Å². The molecule has 25 heavy (non-hydrogen) atoms. The topological polar surface area (TPSA) is 101 Å². The monoisotopic (exact) mass is 356 g/mol. The zero-order valence-corrected chi connectivity index (χ0v) is 14.7. The van der Waals surface area contributed by atoms with E-state index in [-0.39, 0.29) is 6.61 Å². The third-order valence-electron chi connectivity index (χ3n) is 3.05. The van der Waals surface area contributed by atoms with Crippen LogP contribution in [0.4, 0.5) is 4.79 Å². The minimum absolute atomic E-state index is 0.205. The Morgan fingerprint density at radius 1 is 0.960 bits per heavy atom. The first-order chi connectivity index (χ1) is 12.3. The molecule has 1 aromatic carbocycles. The van der Waals surface area contributed by atoms with Crippen molar-refractivity contribution in [2.24, 2.45) is 5.73 Å². The number of rotatable bonds is 14. The molecule has 0 heterocycles. The fraction of sp³-hybridized carbons (Fsp3) is 0.588. The summed E-state index contributed by atoms with van der Waals surface area (Å²) in [6.45, 7) is 4.01. The number of alkyl carbamates (subject to hydrolysis) is 1. The molecule has 3 N–H and O–H groups in total. The first-order valence-electron chi connectivity index (χ1n) is 8.23. The van der Waals surface area contributed by atoms with Gasteiger partial charge in [0.15, 0.2) is 0 Å². The Kier molecular flexibility index (Phi) is 12.3. The van der Waals surface area contributed by atoms with Crippen molar-refractivity contribution < 1.29 is 28.5 Å². The van der Waals surface area contributed by atoms with Crippen molar-refractivity contribution in [1.82, 2.24) is 5.32 Å². The summed E-state index contributed by atoms with van der Waals surface area (Å²) in [5, 5.41) is 2.62. The minimum atomic E-state index is -0.479. The number of carbonyl (C=O) groups excluding carboxylic acids is 1. The van der Waals surface area contributed by atoms with E-state index in [9.17, 15) is 4.79 Å². The van der Waals surface area contributed by atoms with Gasteiger partial charge in [0.2, 0.25) is 0 Å². The van der Waals surface area contributed by atoms with Gasteiger partial charge in [-0.3, -0.25) is 0 Å². The molecule has 0 unspecified atom stereocenters. The second kappa shape index (κ2) is 14.5. The maximum Gasteiger partial charge on any atom is 0.407 e. The Labute approximate surface area is 148 Å². The molecule has 0 aliphatic heterocycles. The van der Waals surface area contributed by atoms with Gasteiger partial charge in [0.25, 0.3) is 0 Å². The molecule has 0 spiro atoms. The summed E-state index contributed by atoms with van der Waals surface area (Å²) in [6.07, 6.45) is -0.479. The lowest BCUT2D eigenvalue weighted by Gasteiger charge is -2.08. The molecule has 8 nitrogen and oxygen atoms in total. The number of nitrogens with one attached hydrogen (secondary N) is 1. The Hall–Kier alpha value is -1.87. The lowest BCUT2D eigenvalue weighted by atomic mass is 10.2. The van der Waals surface area contributed by atoms with Crippen LogP contribution in [0, 0.1) is 0 Å². The van der Waals surface area contributed by atoms with E-state index in [2.05, 4.69) is 5.32 Å². The van der Waals surface area contributed by atoms with Crippen LogP contribution in [0.3, 0.4) is 0 Å². The highest BCUT2D eigenvalue weighted by Gasteiger charge is 2.02. The minimum Gasteiger partial charge on any atom is -0.497 e. The second-order valence-corrected chi connectivity index (χ2v) is 4.98. The Morgan fingerprint density at radius 2 is 1.56 bits per heavy atom. The van der Waals surface area contributed by atoms with E-state index in [4.69, 9.17) is 29.4 Å². The first-order valence-corrected chi connectivity index (χ1v) is 8.23. The zero-order valence-electron chi connectivity index (χ0n) is 14.7. The van der Waals surface area contributed by atoms with Gasteiger partial charge >= 0.3 is 6.09 Å². The Morgan fingerprint density at radius 3 is 2.16 bits per heavy atom. The number of hydrogen-bond acceptors (Lipinski definition) is 7. The molecule has 8 heteroatoms. The Bertz CT molecular complexity index is 455. The fourth-order valence-electron chi connectivity index (χ4n) is 1.77. The molecule has 0 radical (unpaired) electrons. The Balaban J connectivity index is 1.91. The molecule has 1 amide bonds. The van der Waals surface area contributed by atoms with Gasteiger partial charge < -0.3 is 34.7 Å². The third kappa shape index (κ3) is 11.3. The van der Waals surface area contributed by atoms with Crippen LogP contribution >= 0.6 is 0 Å². The number of hydrogen-bond donors (Lipinski definition) is 2. The van der Waals surface area contributed by atoms with Gasteiger partial charge in [-0.25, -0.2) is 4.79 Å². The van der Waals surface area contributed by atoms with Crippen LogP contribution < -0.4 is 15.8 Å². The van der Waals surface area contributed by atoms with Crippen LogP contribution in [0.1, 0.15) is 5.56 Å². The van der Waals surface area contributed by atoms with Crippen LogP contribution in [-0.4, -0.2) is 65.9 Å². The average Bonchev–Trinajstić information content (AvgIpc) is 2.65. The largest absolute Gasteiger partial charge is 0.497 e. The SMILES string of the molecule is COc1ccc(COC(=O)NCCOCCOCCOCCN)cc1. The molecule has 1 aromatic rings. The van der Waals surface area contributed by atoms with Crippen molar-refractivity contribution >= 4 is 6.09 Å². The molecule has 1 rings (SSSR count). The van der Waals surface area contributed by atoms with E-state index in [1.165, 1.54) is 0 Å². The molecular weight excluding hydrogens is 328 g/mol. The van der Waals surface area contributed by atoms with E-state index < -0.39 is 6.09 Å². The summed E-state index contributed by atoms with van der Waals surface area (Å²) >= 11 is 0. The smallest absolute Gasteiger partial charge is 0.407 e. The van der Waals surface area contributed by atoms with Crippen LogP contribution in [0.15, 0.2) is 24.3 Å². The van der Waals surface area contributed by atoms with Gasteiger partial charge in [-0.1, -0.05) is 12.1 Å². The van der Waals surface area contributed by atoms with E-state index in [1.54, 1.807) is 7.11 Å². The fourth-order valence-corrected chi connectivity index (χ4v) is 1.77. The number of carbonyl (C=O) groups is 1.